The number of nitrogens with one attached hydrogen (secondary N) is 1. The molecule has 0 aromatic heterocycles. The molecule has 0 spiro atoms. The van der Waals surface area contributed by atoms with Crippen LogP contribution in [0.4, 0.5) is 5.69 Å². The number of rotatable bonds is 6. The van der Waals surface area contributed by atoms with E-state index < -0.39 is 0 Å². The number of anilines is 1. The van der Waals surface area contributed by atoms with Crippen LogP contribution in [0.1, 0.15) is 5.56 Å². The third-order valence-electron chi connectivity index (χ3n) is 2.73. The highest BCUT2D eigenvalue weighted by atomic mass is 79.9. The van der Waals surface area contributed by atoms with Gasteiger partial charge >= 0.3 is 0 Å². The largest absolute Gasteiger partial charge is 0.496 e. The molecule has 2 aromatic rings. The summed E-state index contributed by atoms with van der Waals surface area (Å²) in [5.74, 6) is 0.411. The number of amides is 1. The Hall–Kier alpha value is -2.34. The lowest BCUT2D eigenvalue weighted by molar-refractivity contribution is -0.120. The zero-order chi connectivity index (χ0) is 15.8. The van der Waals surface area contributed by atoms with Crippen molar-refractivity contribution in [1.29, 1.82) is 0 Å². The van der Waals surface area contributed by atoms with E-state index in [0.29, 0.717) is 11.4 Å². The molecule has 0 saturated heterocycles. The number of ether oxygens (including phenoxy) is 1. The first-order valence-electron chi connectivity index (χ1n) is 6.53. The Morgan fingerprint density at radius 3 is 2.68 bits per heavy atom. The van der Waals surface area contributed by atoms with Crippen molar-refractivity contribution in [2.24, 2.45) is 5.16 Å². The molecule has 0 heterocycles. The standard InChI is InChI=1S/C16H15BrN2O3/c1-21-15-5-3-2-4-12(15)10-18-22-11-16(20)19-14-8-6-13(17)7-9-14/h2-10H,11H2,1H3,(H,19,20)/b18-10-. The van der Waals surface area contributed by atoms with E-state index in [9.17, 15) is 4.79 Å². The van der Waals surface area contributed by atoms with Gasteiger partial charge in [-0.25, -0.2) is 0 Å². The Bertz CT molecular complexity index is 657. The van der Waals surface area contributed by atoms with Crippen molar-refractivity contribution in [3.05, 3.63) is 58.6 Å². The first kappa shape index (κ1) is 16.0. The minimum absolute atomic E-state index is 0.165. The van der Waals surface area contributed by atoms with E-state index in [2.05, 4.69) is 26.4 Å². The molecule has 0 aliphatic heterocycles. The molecule has 2 rings (SSSR count). The number of hydrogen-bond donors (Lipinski definition) is 1. The van der Waals surface area contributed by atoms with Crippen LogP contribution in [-0.4, -0.2) is 25.8 Å². The topological polar surface area (TPSA) is 59.9 Å². The van der Waals surface area contributed by atoms with Crippen LogP contribution < -0.4 is 10.1 Å². The summed E-state index contributed by atoms with van der Waals surface area (Å²) in [4.78, 5) is 16.7. The second-order valence-corrected chi connectivity index (χ2v) is 5.22. The van der Waals surface area contributed by atoms with Gasteiger partial charge in [0.15, 0.2) is 6.61 Å². The Kier molecular flexibility index (Phi) is 5.97. The fourth-order valence-corrected chi connectivity index (χ4v) is 1.96. The van der Waals surface area contributed by atoms with Crippen molar-refractivity contribution in [3.8, 4) is 5.75 Å². The summed E-state index contributed by atoms with van der Waals surface area (Å²) in [6, 6.07) is 14.7. The molecule has 0 unspecified atom stereocenters. The van der Waals surface area contributed by atoms with Gasteiger partial charge in [0.1, 0.15) is 5.75 Å². The van der Waals surface area contributed by atoms with Gasteiger partial charge in [-0.2, -0.15) is 0 Å². The van der Waals surface area contributed by atoms with Crippen LogP contribution in [0.3, 0.4) is 0 Å². The van der Waals surface area contributed by atoms with Gasteiger partial charge in [-0.3, -0.25) is 4.79 Å². The van der Waals surface area contributed by atoms with Crippen molar-refractivity contribution < 1.29 is 14.4 Å². The number of benzene rings is 2. The number of nitrogens with zero attached hydrogens (tertiary/aromatic N) is 1. The molecule has 0 aliphatic carbocycles. The van der Waals surface area contributed by atoms with Gasteiger partial charge in [-0.15, -0.1) is 0 Å². The third-order valence-corrected chi connectivity index (χ3v) is 3.26. The van der Waals surface area contributed by atoms with Crippen LogP contribution in [-0.2, 0) is 9.63 Å². The normalized spacial score (nSPS) is 10.5. The third kappa shape index (κ3) is 4.89. The van der Waals surface area contributed by atoms with Crippen molar-refractivity contribution in [1.82, 2.24) is 0 Å². The zero-order valence-corrected chi connectivity index (χ0v) is 13.5. The van der Waals surface area contributed by atoms with Gasteiger partial charge in [0.25, 0.3) is 5.91 Å². The minimum Gasteiger partial charge on any atom is -0.496 e. The SMILES string of the molecule is COc1ccccc1/C=N\OCC(=O)Nc1ccc(Br)cc1. The summed E-state index contributed by atoms with van der Waals surface area (Å²) in [7, 11) is 1.58. The van der Waals surface area contributed by atoms with Crippen molar-refractivity contribution in [2.75, 3.05) is 19.0 Å². The molecule has 0 saturated carbocycles. The Balaban J connectivity index is 1.81. The first-order chi connectivity index (χ1) is 10.7. The molecule has 0 aliphatic rings. The fourth-order valence-electron chi connectivity index (χ4n) is 1.69. The molecule has 6 heteroatoms. The maximum Gasteiger partial charge on any atom is 0.265 e. The molecule has 0 fully saturated rings. The van der Waals surface area contributed by atoms with Crippen LogP contribution >= 0.6 is 15.9 Å². The van der Waals surface area contributed by atoms with Crippen molar-refractivity contribution in [2.45, 2.75) is 0 Å². The van der Waals surface area contributed by atoms with E-state index >= 15 is 0 Å². The molecule has 1 N–H and O–H groups in total. The molecule has 5 nitrogen and oxygen atoms in total. The van der Waals surface area contributed by atoms with E-state index in [-0.39, 0.29) is 12.5 Å². The van der Waals surface area contributed by atoms with Crippen LogP contribution in [0.15, 0.2) is 58.2 Å². The van der Waals surface area contributed by atoms with Gasteiger partial charge < -0.3 is 14.9 Å². The van der Waals surface area contributed by atoms with E-state index in [0.717, 1.165) is 10.0 Å². The summed E-state index contributed by atoms with van der Waals surface area (Å²) in [6.07, 6.45) is 1.51. The predicted molar refractivity (Wildman–Crippen MR) is 89.3 cm³/mol. The number of oxime groups is 1. The lowest BCUT2D eigenvalue weighted by atomic mass is 10.2. The maximum atomic E-state index is 11.7. The minimum atomic E-state index is -0.278. The smallest absolute Gasteiger partial charge is 0.265 e. The molecular weight excluding hydrogens is 348 g/mol. The second-order valence-electron chi connectivity index (χ2n) is 4.30. The number of hydrogen-bond acceptors (Lipinski definition) is 4. The van der Waals surface area contributed by atoms with Gasteiger partial charge in [0, 0.05) is 15.7 Å². The zero-order valence-electron chi connectivity index (χ0n) is 12.0. The number of carbonyl (C=O) groups excluding carboxylic acids is 1. The fraction of sp³-hybridized carbons (Fsp3) is 0.125. The summed E-state index contributed by atoms with van der Waals surface area (Å²) >= 11 is 3.33. The molecule has 0 radical (unpaired) electrons. The number of methoxy groups -OCH3 is 1. The van der Waals surface area contributed by atoms with Crippen molar-refractivity contribution >= 4 is 33.7 Å². The van der Waals surface area contributed by atoms with E-state index in [1.54, 1.807) is 19.2 Å². The second kappa shape index (κ2) is 8.19. The van der Waals surface area contributed by atoms with Crippen molar-refractivity contribution in [3.63, 3.8) is 0 Å². The first-order valence-corrected chi connectivity index (χ1v) is 7.32. The number of para-hydroxylation sites is 1. The molecule has 2 aromatic carbocycles. The summed E-state index contributed by atoms with van der Waals surface area (Å²) in [5.41, 5.74) is 1.48. The molecular formula is C16H15BrN2O3. The average molecular weight is 363 g/mol. The van der Waals surface area contributed by atoms with E-state index in [1.807, 2.05) is 36.4 Å². The quantitative estimate of drug-likeness (QED) is 0.632. The molecule has 114 valence electrons. The lowest BCUT2D eigenvalue weighted by Gasteiger charge is -2.05. The number of carbonyl (C=O) groups is 1. The van der Waals surface area contributed by atoms with Gasteiger partial charge in [0.05, 0.1) is 13.3 Å². The summed E-state index contributed by atoms with van der Waals surface area (Å²) < 4.78 is 6.13. The maximum absolute atomic E-state index is 11.7. The van der Waals surface area contributed by atoms with E-state index in [1.165, 1.54) is 6.21 Å². The van der Waals surface area contributed by atoms with Gasteiger partial charge in [0.2, 0.25) is 0 Å². The van der Waals surface area contributed by atoms with Crippen LogP contribution in [0.2, 0.25) is 0 Å². The molecule has 1 amide bonds. The number of halogens is 1. The van der Waals surface area contributed by atoms with Crippen LogP contribution in [0, 0.1) is 0 Å². The van der Waals surface area contributed by atoms with E-state index in [4.69, 9.17) is 9.57 Å². The van der Waals surface area contributed by atoms with Crippen LogP contribution in [0.25, 0.3) is 0 Å². The average Bonchev–Trinajstić information content (AvgIpc) is 2.54. The Morgan fingerprint density at radius 1 is 1.23 bits per heavy atom. The van der Waals surface area contributed by atoms with Gasteiger partial charge in [-0.1, -0.05) is 33.2 Å². The highest BCUT2D eigenvalue weighted by Gasteiger charge is 2.03. The monoisotopic (exact) mass is 362 g/mol. The highest BCUT2D eigenvalue weighted by molar-refractivity contribution is 9.10. The Morgan fingerprint density at radius 2 is 1.95 bits per heavy atom. The van der Waals surface area contributed by atoms with Crippen LogP contribution in [0.5, 0.6) is 5.75 Å². The Labute approximate surface area is 137 Å². The lowest BCUT2D eigenvalue weighted by Crippen LogP contribution is -2.16. The molecule has 0 atom stereocenters. The molecule has 22 heavy (non-hydrogen) atoms. The highest BCUT2D eigenvalue weighted by Crippen LogP contribution is 2.15. The molecule has 0 bridgehead atoms. The summed E-state index contributed by atoms with van der Waals surface area (Å²) in [6.45, 7) is -0.165. The summed E-state index contributed by atoms with van der Waals surface area (Å²) in [5, 5.41) is 6.48. The van der Waals surface area contributed by atoms with Gasteiger partial charge in [-0.05, 0) is 36.4 Å². The predicted octanol–water partition coefficient (Wildman–Crippen LogP) is 3.45.